The fraction of sp³-hybridized carbons (Fsp3) is 0.727. The van der Waals surface area contributed by atoms with Gasteiger partial charge in [-0.05, 0) is 27.2 Å². The molecule has 7 nitrogen and oxygen atoms in total. The lowest BCUT2D eigenvalue weighted by molar-refractivity contribution is -0.145. The number of carboxylic acid groups (broad SMARTS) is 1. The van der Waals surface area contributed by atoms with Crippen molar-refractivity contribution in [1.29, 1.82) is 0 Å². The summed E-state index contributed by atoms with van der Waals surface area (Å²) >= 11 is 0. The van der Waals surface area contributed by atoms with Crippen molar-refractivity contribution in [2.24, 2.45) is 0 Å². The molecule has 0 aromatic rings. The molecule has 0 heterocycles. The summed E-state index contributed by atoms with van der Waals surface area (Å²) in [6.45, 7) is 5.07. The molecule has 0 rings (SSSR count). The second-order valence-corrected chi connectivity index (χ2v) is 7.05. The first-order valence-electron chi connectivity index (χ1n) is 5.81. The van der Waals surface area contributed by atoms with Crippen LogP contribution in [-0.4, -0.2) is 51.3 Å². The summed E-state index contributed by atoms with van der Waals surface area (Å²) in [7, 11) is 1.39. The molecule has 0 bridgehead atoms. The Labute approximate surface area is 115 Å². The Kier molecular flexibility index (Phi) is 6.01. The van der Waals surface area contributed by atoms with E-state index in [2.05, 4.69) is 10.1 Å². The highest BCUT2D eigenvalue weighted by molar-refractivity contribution is 6.28. The maximum absolute atomic E-state index is 11.7. The van der Waals surface area contributed by atoms with Crippen LogP contribution in [0.3, 0.4) is 0 Å². The van der Waals surface area contributed by atoms with Crippen LogP contribution in [0.15, 0.2) is 0 Å². The van der Waals surface area contributed by atoms with E-state index in [1.165, 1.54) is 7.11 Å². The molecule has 0 spiro atoms. The van der Waals surface area contributed by atoms with Crippen LogP contribution >= 0.6 is 0 Å². The van der Waals surface area contributed by atoms with Gasteiger partial charge in [-0.25, -0.2) is 9.59 Å². The lowest BCUT2D eigenvalue weighted by atomic mass is 10.1. The van der Waals surface area contributed by atoms with E-state index < -0.39 is 28.8 Å². The van der Waals surface area contributed by atoms with Crippen molar-refractivity contribution >= 4 is 28.3 Å². The Bertz CT molecular complexity index is 365. The van der Waals surface area contributed by atoms with Crippen LogP contribution in [0.5, 0.6) is 0 Å². The predicted octanol–water partition coefficient (Wildman–Crippen LogP) is -0.389. The summed E-state index contributed by atoms with van der Waals surface area (Å²) in [5.74, 6) is -1.71. The standard InChI is InChI=1S/C11H21NO6Si/c1-10(2,3)18-9(16)12-11(19,8(15)17-4)6-5-7(13)14/h5-6H2,1-4,19H3,(H,12,16)(H,13,14)/t11-/m0/s1. The van der Waals surface area contributed by atoms with Crippen LogP contribution < -0.4 is 5.32 Å². The molecule has 1 amide bonds. The molecule has 19 heavy (non-hydrogen) atoms. The molecule has 0 aliphatic carbocycles. The highest BCUT2D eigenvalue weighted by Gasteiger charge is 2.37. The third kappa shape index (κ3) is 6.80. The summed E-state index contributed by atoms with van der Waals surface area (Å²) in [6.07, 6.45) is -1.03. The van der Waals surface area contributed by atoms with Crippen molar-refractivity contribution in [3.8, 4) is 0 Å². The number of alkyl carbamates (subject to hydrolysis) is 1. The molecule has 0 aliphatic rings. The second-order valence-electron chi connectivity index (χ2n) is 5.34. The number of carboxylic acids is 1. The molecular weight excluding hydrogens is 270 g/mol. The van der Waals surface area contributed by atoms with Gasteiger partial charge in [0.2, 0.25) is 0 Å². The van der Waals surface area contributed by atoms with E-state index in [1.807, 2.05) is 0 Å². The van der Waals surface area contributed by atoms with Gasteiger partial charge in [0, 0.05) is 16.7 Å². The van der Waals surface area contributed by atoms with Gasteiger partial charge in [-0.3, -0.25) is 4.79 Å². The monoisotopic (exact) mass is 291 g/mol. The summed E-state index contributed by atoms with van der Waals surface area (Å²) in [5, 5.41) is 9.79. The molecule has 0 fully saturated rings. The van der Waals surface area contributed by atoms with Crippen LogP contribution in [0.4, 0.5) is 4.79 Å². The predicted molar refractivity (Wildman–Crippen MR) is 70.9 cm³/mol. The molecule has 8 heteroatoms. The number of hydrogen-bond acceptors (Lipinski definition) is 5. The van der Waals surface area contributed by atoms with Crippen LogP contribution in [0.2, 0.25) is 0 Å². The summed E-state index contributed by atoms with van der Waals surface area (Å²) in [4.78, 5) is 34.0. The number of hydrogen-bond donors (Lipinski definition) is 2. The van der Waals surface area contributed by atoms with Gasteiger partial charge in [-0.15, -0.1) is 0 Å². The highest BCUT2D eigenvalue weighted by atomic mass is 28.1. The average Bonchev–Trinajstić information content (AvgIpc) is 2.22. The Morgan fingerprint density at radius 1 is 1.26 bits per heavy atom. The van der Waals surface area contributed by atoms with Crippen molar-refractivity contribution in [2.75, 3.05) is 7.11 Å². The first-order chi connectivity index (χ1) is 8.50. The Morgan fingerprint density at radius 3 is 2.16 bits per heavy atom. The zero-order chi connectivity index (χ0) is 15.3. The highest BCUT2D eigenvalue weighted by Crippen LogP contribution is 2.14. The molecule has 1 atom stereocenters. The third-order valence-corrected chi connectivity index (χ3v) is 3.41. The Hall–Kier alpha value is -1.57. The van der Waals surface area contributed by atoms with Crippen molar-refractivity contribution in [2.45, 2.75) is 44.4 Å². The molecule has 0 aromatic heterocycles. The van der Waals surface area contributed by atoms with Crippen LogP contribution in [0.25, 0.3) is 0 Å². The number of amides is 1. The molecule has 0 unspecified atom stereocenters. The molecular formula is C11H21NO6Si. The van der Waals surface area contributed by atoms with Gasteiger partial charge in [-0.2, -0.15) is 0 Å². The molecule has 2 N–H and O–H groups in total. The molecule has 0 saturated carbocycles. The average molecular weight is 291 g/mol. The normalized spacial score (nSPS) is 14.3. The van der Waals surface area contributed by atoms with E-state index in [-0.39, 0.29) is 23.1 Å². The number of aliphatic carboxylic acids is 1. The van der Waals surface area contributed by atoms with Crippen LogP contribution in [-0.2, 0) is 19.1 Å². The van der Waals surface area contributed by atoms with E-state index in [0.29, 0.717) is 0 Å². The lowest BCUT2D eigenvalue weighted by Gasteiger charge is -2.29. The SMILES string of the molecule is COC(=O)[C@@]([SiH3])(CCC(=O)O)NC(=O)OC(C)(C)C. The number of esters is 1. The largest absolute Gasteiger partial charge is 0.481 e. The van der Waals surface area contributed by atoms with Gasteiger partial charge < -0.3 is 19.9 Å². The number of carbonyl (C=O) groups excluding carboxylic acids is 2. The lowest BCUT2D eigenvalue weighted by Crippen LogP contribution is -2.56. The maximum Gasteiger partial charge on any atom is 0.408 e. The van der Waals surface area contributed by atoms with Gasteiger partial charge in [0.25, 0.3) is 0 Å². The van der Waals surface area contributed by atoms with E-state index in [9.17, 15) is 14.4 Å². The van der Waals surface area contributed by atoms with Crippen LogP contribution in [0, 0.1) is 0 Å². The number of rotatable bonds is 5. The minimum absolute atomic E-state index is 0.0273. The number of carbonyl (C=O) groups is 3. The summed E-state index contributed by atoms with van der Waals surface area (Å²) in [6, 6.07) is 0. The topological polar surface area (TPSA) is 102 Å². The minimum Gasteiger partial charge on any atom is -0.481 e. The Morgan fingerprint density at radius 2 is 1.79 bits per heavy atom. The van der Waals surface area contributed by atoms with Crippen molar-refractivity contribution in [1.82, 2.24) is 5.32 Å². The van der Waals surface area contributed by atoms with Gasteiger partial charge in [0.05, 0.1) is 7.11 Å². The zero-order valence-corrected chi connectivity index (χ0v) is 13.9. The first-order valence-corrected chi connectivity index (χ1v) is 6.81. The molecule has 110 valence electrons. The quantitative estimate of drug-likeness (QED) is 0.528. The fourth-order valence-corrected chi connectivity index (χ4v) is 1.98. The summed E-state index contributed by atoms with van der Waals surface area (Å²) < 4.78 is 9.66. The molecule has 0 aromatic carbocycles. The third-order valence-electron chi connectivity index (χ3n) is 2.25. The van der Waals surface area contributed by atoms with E-state index in [4.69, 9.17) is 9.84 Å². The van der Waals surface area contributed by atoms with Gasteiger partial charge in [0.1, 0.15) is 10.8 Å². The van der Waals surface area contributed by atoms with Gasteiger partial charge in [0.15, 0.2) is 0 Å². The maximum atomic E-state index is 11.7. The molecule has 0 aliphatic heterocycles. The van der Waals surface area contributed by atoms with Crippen LogP contribution in [0.1, 0.15) is 33.6 Å². The van der Waals surface area contributed by atoms with Gasteiger partial charge >= 0.3 is 18.0 Å². The number of methoxy groups -OCH3 is 1. The molecule has 0 radical (unpaired) electrons. The smallest absolute Gasteiger partial charge is 0.408 e. The van der Waals surface area contributed by atoms with Crippen molar-refractivity contribution in [3.63, 3.8) is 0 Å². The molecule has 0 saturated heterocycles. The number of nitrogens with one attached hydrogen (secondary N) is 1. The minimum atomic E-state index is -1.30. The number of ether oxygens (including phenoxy) is 2. The zero-order valence-electron chi connectivity index (χ0n) is 11.9. The van der Waals surface area contributed by atoms with E-state index in [1.54, 1.807) is 20.8 Å². The fourth-order valence-electron chi connectivity index (χ4n) is 1.33. The van der Waals surface area contributed by atoms with Crippen molar-refractivity contribution in [3.05, 3.63) is 0 Å². The Balaban J connectivity index is 4.81. The van der Waals surface area contributed by atoms with Gasteiger partial charge in [-0.1, -0.05) is 0 Å². The van der Waals surface area contributed by atoms with E-state index >= 15 is 0 Å². The first kappa shape index (κ1) is 17.4. The van der Waals surface area contributed by atoms with Crippen molar-refractivity contribution < 1.29 is 29.0 Å². The van der Waals surface area contributed by atoms with E-state index in [0.717, 1.165) is 0 Å². The second kappa shape index (κ2) is 6.55. The summed E-state index contributed by atoms with van der Waals surface area (Å²) in [5.41, 5.74) is -0.699.